The molecule has 1 aliphatic carbocycles. The zero-order valence-electron chi connectivity index (χ0n) is 8.12. The second-order valence-corrected chi connectivity index (χ2v) is 3.82. The van der Waals surface area contributed by atoms with Crippen LogP contribution in [0, 0.1) is 23.5 Å². The molecule has 4 heteroatoms. The normalized spacial score (nSPS) is 23.9. The van der Waals surface area contributed by atoms with Gasteiger partial charge in [0.2, 0.25) is 0 Å². The first-order chi connectivity index (χ1) is 7.20. The van der Waals surface area contributed by atoms with Crippen LogP contribution >= 0.6 is 0 Å². The Morgan fingerprint density at radius 1 is 1.33 bits per heavy atom. The Hall–Kier alpha value is -1.16. The third-order valence-corrected chi connectivity index (χ3v) is 2.65. The quantitative estimate of drug-likeness (QED) is 0.830. The molecule has 2 unspecified atom stereocenters. The van der Waals surface area contributed by atoms with Crippen LogP contribution in [0.3, 0.4) is 0 Å². The second-order valence-electron chi connectivity index (χ2n) is 3.82. The van der Waals surface area contributed by atoms with Gasteiger partial charge in [0.25, 0.3) is 0 Å². The number of halogens is 2. The standard InChI is InChI=1S/C11H12F2O2/c12-9-1-2-10(13)11(4-9)15-6-8-3-7(8)5-14/h1-2,4,7-8,14H,3,5-6H2. The first-order valence-corrected chi connectivity index (χ1v) is 4.89. The number of hydrogen-bond acceptors (Lipinski definition) is 2. The van der Waals surface area contributed by atoms with Crippen LogP contribution < -0.4 is 4.74 Å². The number of aliphatic hydroxyl groups is 1. The largest absolute Gasteiger partial charge is 0.490 e. The first kappa shape index (κ1) is 10.4. The lowest BCUT2D eigenvalue weighted by atomic mass is 10.3. The number of hydrogen-bond donors (Lipinski definition) is 1. The molecular formula is C11H12F2O2. The zero-order chi connectivity index (χ0) is 10.8. The van der Waals surface area contributed by atoms with Gasteiger partial charge in [0, 0.05) is 12.7 Å². The monoisotopic (exact) mass is 214 g/mol. The summed E-state index contributed by atoms with van der Waals surface area (Å²) in [6, 6.07) is 3.13. The molecule has 1 fully saturated rings. The average molecular weight is 214 g/mol. The van der Waals surface area contributed by atoms with Crippen molar-refractivity contribution < 1.29 is 18.6 Å². The van der Waals surface area contributed by atoms with E-state index in [4.69, 9.17) is 9.84 Å². The minimum Gasteiger partial charge on any atom is -0.490 e. The summed E-state index contributed by atoms with van der Waals surface area (Å²) in [7, 11) is 0. The van der Waals surface area contributed by atoms with Gasteiger partial charge in [-0.3, -0.25) is 0 Å². The molecule has 0 saturated heterocycles. The van der Waals surface area contributed by atoms with E-state index >= 15 is 0 Å². The minimum absolute atomic E-state index is 0.0569. The highest BCUT2D eigenvalue weighted by atomic mass is 19.1. The maximum absolute atomic E-state index is 13.1. The molecule has 0 aliphatic heterocycles. The highest BCUT2D eigenvalue weighted by molar-refractivity contribution is 5.24. The Labute approximate surface area is 86.5 Å². The van der Waals surface area contributed by atoms with Gasteiger partial charge in [0.05, 0.1) is 6.61 Å². The van der Waals surface area contributed by atoms with Gasteiger partial charge in [-0.05, 0) is 30.4 Å². The van der Waals surface area contributed by atoms with Crippen molar-refractivity contribution in [1.29, 1.82) is 0 Å². The van der Waals surface area contributed by atoms with Crippen molar-refractivity contribution in [2.45, 2.75) is 6.42 Å². The van der Waals surface area contributed by atoms with Gasteiger partial charge in [-0.25, -0.2) is 8.78 Å². The van der Waals surface area contributed by atoms with Gasteiger partial charge in [0.15, 0.2) is 11.6 Å². The molecule has 0 radical (unpaired) electrons. The van der Waals surface area contributed by atoms with Crippen molar-refractivity contribution in [2.24, 2.45) is 11.8 Å². The van der Waals surface area contributed by atoms with Crippen LogP contribution in [0.2, 0.25) is 0 Å². The van der Waals surface area contributed by atoms with Gasteiger partial charge in [0.1, 0.15) is 5.82 Å². The summed E-state index contributed by atoms with van der Waals surface area (Å²) in [6.45, 7) is 0.477. The Morgan fingerprint density at radius 2 is 2.13 bits per heavy atom. The molecule has 0 bridgehead atoms. The van der Waals surface area contributed by atoms with E-state index in [2.05, 4.69) is 0 Å². The Kier molecular flexibility index (Phi) is 2.86. The second kappa shape index (κ2) is 4.14. The smallest absolute Gasteiger partial charge is 0.165 e. The van der Waals surface area contributed by atoms with E-state index in [1.54, 1.807) is 0 Å². The van der Waals surface area contributed by atoms with Gasteiger partial charge in [-0.15, -0.1) is 0 Å². The molecule has 0 amide bonds. The van der Waals surface area contributed by atoms with E-state index in [0.29, 0.717) is 6.61 Å². The first-order valence-electron chi connectivity index (χ1n) is 4.89. The molecule has 82 valence electrons. The van der Waals surface area contributed by atoms with Crippen molar-refractivity contribution in [2.75, 3.05) is 13.2 Å². The van der Waals surface area contributed by atoms with Crippen LogP contribution in [-0.4, -0.2) is 18.3 Å². The highest BCUT2D eigenvalue weighted by Gasteiger charge is 2.36. The third kappa shape index (κ3) is 2.45. The van der Waals surface area contributed by atoms with Crippen LogP contribution in [-0.2, 0) is 0 Å². The number of aliphatic hydroxyl groups excluding tert-OH is 1. The Balaban J connectivity index is 1.91. The fourth-order valence-electron chi connectivity index (χ4n) is 1.52. The molecule has 2 atom stereocenters. The molecule has 2 nitrogen and oxygen atoms in total. The topological polar surface area (TPSA) is 29.5 Å². The van der Waals surface area contributed by atoms with Crippen LogP contribution in [0.1, 0.15) is 6.42 Å². The summed E-state index contributed by atoms with van der Waals surface area (Å²) in [5, 5.41) is 8.78. The predicted molar refractivity (Wildman–Crippen MR) is 50.5 cm³/mol. The van der Waals surface area contributed by atoms with E-state index < -0.39 is 11.6 Å². The molecule has 0 spiro atoms. The SMILES string of the molecule is OCC1CC1COc1cc(F)ccc1F. The minimum atomic E-state index is -0.558. The van der Waals surface area contributed by atoms with Crippen molar-refractivity contribution >= 4 is 0 Å². The lowest BCUT2D eigenvalue weighted by molar-refractivity contribution is 0.238. The van der Waals surface area contributed by atoms with E-state index in [1.807, 2.05) is 0 Å². The van der Waals surface area contributed by atoms with Gasteiger partial charge in [-0.2, -0.15) is 0 Å². The van der Waals surface area contributed by atoms with Crippen molar-refractivity contribution in [1.82, 2.24) is 0 Å². The molecule has 1 aliphatic rings. The molecule has 0 aromatic heterocycles. The molecule has 2 rings (SSSR count). The molecule has 1 aromatic rings. The van der Waals surface area contributed by atoms with E-state index in [9.17, 15) is 8.78 Å². The molecule has 1 N–H and O–H groups in total. The maximum atomic E-state index is 13.1. The maximum Gasteiger partial charge on any atom is 0.165 e. The van der Waals surface area contributed by atoms with Crippen molar-refractivity contribution in [3.05, 3.63) is 29.8 Å². The fourth-order valence-corrected chi connectivity index (χ4v) is 1.52. The Morgan fingerprint density at radius 3 is 2.80 bits per heavy atom. The summed E-state index contributed by atoms with van der Waals surface area (Å²) >= 11 is 0. The highest BCUT2D eigenvalue weighted by Crippen LogP contribution is 2.38. The van der Waals surface area contributed by atoms with Crippen LogP contribution in [0.25, 0.3) is 0 Å². The van der Waals surface area contributed by atoms with E-state index in [0.717, 1.165) is 24.6 Å². The van der Waals surface area contributed by atoms with Crippen LogP contribution in [0.4, 0.5) is 8.78 Å². The van der Waals surface area contributed by atoms with Crippen molar-refractivity contribution in [3.8, 4) is 5.75 Å². The van der Waals surface area contributed by atoms with Crippen LogP contribution in [0.5, 0.6) is 5.75 Å². The summed E-state index contributed by atoms with van der Waals surface area (Å²) in [5.74, 6) is -0.587. The average Bonchev–Trinajstić information content (AvgIpc) is 2.98. The van der Waals surface area contributed by atoms with E-state index in [1.165, 1.54) is 0 Å². The summed E-state index contributed by atoms with van der Waals surface area (Å²) in [5.41, 5.74) is 0. The van der Waals surface area contributed by atoms with Gasteiger partial charge in [-0.1, -0.05) is 0 Å². The molecule has 1 saturated carbocycles. The van der Waals surface area contributed by atoms with Crippen LogP contribution in [0.15, 0.2) is 18.2 Å². The molecule has 1 aromatic carbocycles. The number of ether oxygens (including phenoxy) is 1. The number of benzene rings is 1. The van der Waals surface area contributed by atoms with Crippen molar-refractivity contribution in [3.63, 3.8) is 0 Å². The Bertz CT molecular complexity index is 354. The molecule has 0 heterocycles. The summed E-state index contributed by atoms with van der Waals surface area (Å²) in [4.78, 5) is 0. The predicted octanol–water partition coefficient (Wildman–Crippen LogP) is 1.97. The summed E-state index contributed by atoms with van der Waals surface area (Å²) in [6.07, 6.45) is 0.896. The third-order valence-electron chi connectivity index (χ3n) is 2.65. The molecular weight excluding hydrogens is 202 g/mol. The lowest BCUT2D eigenvalue weighted by Gasteiger charge is -2.06. The van der Waals surface area contributed by atoms with Gasteiger partial charge >= 0.3 is 0 Å². The fraction of sp³-hybridized carbons (Fsp3) is 0.455. The molecule has 15 heavy (non-hydrogen) atoms. The summed E-state index contributed by atoms with van der Waals surface area (Å²) < 4.78 is 31.0. The van der Waals surface area contributed by atoms with Gasteiger partial charge < -0.3 is 9.84 Å². The van der Waals surface area contributed by atoms with E-state index in [-0.39, 0.29) is 24.2 Å². The number of rotatable bonds is 4. The zero-order valence-corrected chi connectivity index (χ0v) is 8.12. The lowest BCUT2D eigenvalue weighted by Crippen LogP contribution is -2.04.